The monoisotopic (exact) mass is 871 g/mol. The van der Waals surface area contributed by atoms with E-state index in [2.05, 4.69) is 14.1 Å². The number of carbonyl (C=O) groups is 6. The second-order valence-electron chi connectivity index (χ2n) is 16.7. The number of piperidine rings is 2. The summed E-state index contributed by atoms with van der Waals surface area (Å²) in [6.07, 6.45) is 7.37. The Kier molecular flexibility index (Phi) is 14.4. The van der Waals surface area contributed by atoms with Crippen LogP contribution in [0.2, 0.25) is 0 Å². The van der Waals surface area contributed by atoms with Crippen LogP contribution in [0.25, 0.3) is 0 Å². The zero-order valence-corrected chi connectivity index (χ0v) is 35.9. The summed E-state index contributed by atoms with van der Waals surface area (Å²) in [6.45, 7) is 6.58. The summed E-state index contributed by atoms with van der Waals surface area (Å²) in [7, 11) is 4.45. The van der Waals surface area contributed by atoms with Gasteiger partial charge in [0.25, 0.3) is 0 Å². The van der Waals surface area contributed by atoms with E-state index in [-0.39, 0.29) is 77.0 Å². The summed E-state index contributed by atoms with van der Waals surface area (Å²) in [5, 5.41) is 0. The topological polar surface area (TPSA) is 158 Å². The summed E-state index contributed by atoms with van der Waals surface area (Å²) in [5.41, 5.74) is 1.91. The van der Waals surface area contributed by atoms with Crippen molar-refractivity contribution in [2.75, 3.05) is 14.1 Å². The lowest BCUT2D eigenvalue weighted by molar-refractivity contribution is -0.961. The molecule has 0 saturated carbocycles. The number of ether oxygens (including phenoxy) is 6. The van der Waals surface area contributed by atoms with Crippen LogP contribution < -0.4 is 35.9 Å². The zero-order valence-electron chi connectivity index (χ0n) is 34.3. The van der Waals surface area contributed by atoms with Gasteiger partial charge in [-0.1, -0.05) is 0 Å². The molecule has 58 heavy (non-hydrogen) atoms. The lowest BCUT2D eigenvalue weighted by Crippen LogP contribution is -3.00. The van der Waals surface area contributed by atoms with Gasteiger partial charge in [-0.2, -0.15) is 0 Å². The largest absolute Gasteiger partial charge is 1.00 e. The van der Waals surface area contributed by atoms with Gasteiger partial charge in [0.05, 0.1) is 38.3 Å². The molecular weight excluding hydrogens is 816 g/mol. The molecule has 316 valence electrons. The maximum Gasteiger partial charge on any atom is 0.308 e. The second-order valence-corrected chi connectivity index (χ2v) is 16.7. The Bertz CT molecular complexity index is 1740. The summed E-state index contributed by atoms with van der Waals surface area (Å²) in [5.74, 6) is -1.76. The van der Waals surface area contributed by atoms with E-state index in [1.165, 1.54) is 27.7 Å². The predicted molar refractivity (Wildman–Crippen MR) is 204 cm³/mol. The van der Waals surface area contributed by atoms with Gasteiger partial charge in [0, 0.05) is 103 Å². The van der Waals surface area contributed by atoms with Crippen molar-refractivity contribution in [2.24, 2.45) is 0 Å². The number of esters is 6. The number of benzene rings is 2. The number of carbonyl (C=O) groups excluding carboxylic acids is 6. The van der Waals surface area contributed by atoms with Gasteiger partial charge >= 0.3 is 35.8 Å². The summed E-state index contributed by atoms with van der Waals surface area (Å²) in [6, 6.07) is 11.8. The SMILES string of the molecule is CC(=O)Oc1ccc(C[N+]2(C)[C@@H]3CC[C@H]2CC(OC(=O)CCCC(=O)OC2C[C@H]4CC[C@@H](C2)[N+]4(C)Cc2ccc(OC(C)=O)c(OC(C)=O)c2)C3)cc1OC(C)=O.[Br-]. The number of fused-ring (bicyclic) bond motifs is 4. The van der Waals surface area contributed by atoms with Crippen LogP contribution in [0.5, 0.6) is 23.0 Å². The van der Waals surface area contributed by atoms with Gasteiger partial charge in [0.1, 0.15) is 25.3 Å². The lowest BCUT2D eigenvalue weighted by Gasteiger charge is -2.47. The first kappa shape index (κ1) is 44.8. The maximum absolute atomic E-state index is 13.0. The van der Waals surface area contributed by atoms with Crippen LogP contribution in [0.15, 0.2) is 36.4 Å². The minimum absolute atomic E-state index is 0. The van der Waals surface area contributed by atoms with E-state index >= 15 is 0 Å². The molecule has 4 aliphatic rings. The molecule has 4 fully saturated rings. The highest BCUT2D eigenvalue weighted by Crippen LogP contribution is 2.46. The van der Waals surface area contributed by atoms with Crippen LogP contribution in [0, 0.1) is 0 Å². The van der Waals surface area contributed by atoms with E-state index in [0.717, 1.165) is 71.5 Å². The van der Waals surface area contributed by atoms with Crippen LogP contribution >= 0.6 is 0 Å². The molecule has 4 bridgehead atoms. The molecule has 14 nitrogen and oxygen atoms in total. The van der Waals surface area contributed by atoms with Crippen molar-refractivity contribution >= 4 is 35.8 Å². The third kappa shape index (κ3) is 10.6. The van der Waals surface area contributed by atoms with E-state index in [0.29, 0.717) is 43.7 Å². The average molecular weight is 873 g/mol. The number of rotatable bonds is 14. The highest BCUT2D eigenvalue weighted by atomic mass is 79.9. The Hall–Kier alpha value is -4.34. The molecule has 15 heteroatoms. The Morgan fingerprint density at radius 1 is 0.517 bits per heavy atom. The third-order valence-electron chi connectivity index (χ3n) is 12.6. The van der Waals surface area contributed by atoms with Crippen molar-refractivity contribution in [3.63, 3.8) is 0 Å². The van der Waals surface area contributed by atoms with Crippen LogP contribution in [0.3, 0.4) is 0 Å². The fraction of sp³-hybridized carbons (Fsp3) is 0.581. The normalized spacial score (nSPS) is 28.0. The standard InChI is InChI=1S/C43H56N2O12.BrH/c1-26(46)52-38-16-10-30(18-40(38)54-28(3)48)24-44(5)32-12-13-33(44)21-36(20-32)56-42(50)8-7-9-43(51)57-37-22-34-14-15-35(23-37)45(34,6)25-31-11-17-39(53-27(2)47)41(19-31)55-29(4)49;/h10-11,16-19,32-37H,7-9,12-15,20-25H2,1-6H3;1H/q+2;/p-1/t32-,33+,34-,35+,36?,37?,44?,45?;. The number of quaternary nitrogens is 2. The highest BCUT2D eigenvalue weighted by molar-refractivity contribution is 5.75. The first-order chi connectivity index (χ1) is 27.0. The van der Waals surface area contributed by atoms with Crippen LogP contribution in [0.1, 0.15) is 109 Å². The van der Waals surface area contributed by atoms with Crippen molar-refractivity contribution in [2.45, 2.75) is 148 Å². The van der Waals surface area contributed by atoms with E-state index in [1.54, 1.807) is 24.3 Å². The highest BCUT2D eigenvalue weighted by Gasteiger charge is 2.53. The molecule has 4 heterocycles. The minimum atomic E-state index is -0.501. The molecule has 0 aliphatic carbocycles. The van der Waals surface area contributed by atoms with Crippen molar-refractivity contribution < 1.29 is 83.1 Å². The van der Waals surface area contributed by atoms with Crippen molar-refractivity contribution in [3.05, 3.63) is 47.5 Å². The van der Waals surface area contributed by atoms with Gasteiger partial charge in [-0.05, 0) is 42.8 Å². The molecule has 0 N–H and O–H groups in total. The fourth-order valence-electron chi connectivity index (χ4n) is 10.00. The Morgan fingerprint density at radius 3 is 1.14 bits per heavy atom. The Morgan fingerprint density at radius 2 is 0.828 bits per heavy atom. The molecule has 4 unspecified atom stereocenters. The predicted octanol–water partition coefficient (Wildman–Crippen LogP) is 2.63. The molecule has 0 amide bonds. The van der Waals surface area contributed by atoms with Crippen LogP contribution in [-0.4, -0.2) is 95.3 Å². The van der Waals surface area contributed by atoms with Gasteiger partial charge < -0.3 is 54.4 Å². The molecule has 0 aromatic heterocycles. The van der Waals surface area contributed by atoms with Crippen molar-refractivity contribution in [1.82, 2.24) is 0 Å². The van der Waals surface area contributed by atoms with Crippen LogP contribution in [0.4, 0.5) is 0 Å². The molecule has 4 saturated heterocycles. The van der Waals surface area contributed by atoms with Crippen LogP contribution in [-0.2, 0) is 51.3 Å². The minimum Gasteiger partial charge on any atom is -1.00 e. The van der Waals surface area contributed by atoms with Gasteiger partial charge in [0.2, 0.25) is 0 Å². The Labute approximate surface area is 350 Å². The molecule has 0 spiro atoms. The third-order valence-corrected chi connectivity index (χ3v) is 12.6. The van der Waals surface area contributed by atoms with E-state index < -0.39 is 23.9 Å². The smallest absolute Gasteiger partial charge is 0.308 e. The second kappa shape index (κ2) is 18.7. The van der Waals surface area contributed by atoms with Gasteiger partial charge in [-0.3, -0.25) is 28.8 Å². The summed E-state index contributed by atoms with van der Waals surface area (Å²) in [4.78, 5) is 72.5. The van der Waals surface area contributed by atoms with Gasteiger partial charge in [-0.15, -0.1) is 0 Å². The Balaban J connectivity index is 0.00000641. The first-order valence-electron chi connectivity index (χ1n) is 20.1. The van der Waals surface area contributed by atoms with Crippen molar-refractivity contribution in [1.29, 1.82) is 0 Å². The quantitative estimate of drug-likeness (QED) is 0.156. The lowest BCUT2D eigenvalue weighted by atomic mass is 9.95. The fourth-order valence-corrected chi connectivity index (χ4v) is 10.00. The number of hydrogen-bond donors (Lipinski definition) is 0. The maximum atomic E-state index is 13.0. The number of halogens is 1. The number of hydrogen-bond acceptors (Lipinski definition) is 12. The molecule has 2 aromatic rings. The van der Waals surface area contributed by atoms with E-state index in [4.69, 9.17) is 28.4 Å². The van der Waals surface area contributed by atoms with Crippen molar-refractivity contribution in [3.8, 4) is 23.0 Å². The summed E-state index contributed by atoms with van der Waals surface area (Å²) >= 11 is 0. The summed E-state index contributed by atoms with van der Waals surface area (Å²) < 4.78 is 34.7. The van der Waals surface area contributed by atoms with Gasteiger partial charge in [0.15, 0.2) is 23.0 Å². The van der Waals surface area contributed by atoms with E-state index in [9.17, 15) is 28.8 Å². The zero-order chi connectivity index (χ0) is 41.1. The van der Waals surface area contributed by atoms with E-state index in [1.807, 2.05) is 12.1 Å². The first-order valence-corrected chi connectivity index (χ1v) is 20.1. The average Bonchev–Trinajstić information content (AvgIpc) is 3.34. The van der Waals surface area contributed by atoms with Gasteiger partial charge in [-0.25, -0.2) is 0 Å². The number of nitrogens with zero attached hydrogens (tertiary/aromatic N) is 2. The molecule has 2 aromatic carbocycles. The molecule has 8 atom stereocenters. The molecular formula is C43H56BrN2O12+. The molecule has 6 rings (SSSR count). The molecule has 4 aliphatic heterocycles. The molecule has 0 radical (unpaired) electrons.